The van der Waals surface area contributed by atoms with Crippen molar-refractivity contribution in [1.82, 2.24) is 0 Å². The molecule has 0 radical (unpaired) electrons. The molecule has 2 aromatic carbocycles. The second kappa shape index (κ2) is 7.84. The number of amides is 1. The molecule has 0 bridgehead atoms. The van der Waals surface area contributed by atoms with E-state index < -0.39 is 17.7 Å². The zero-order valence-corrected chi connectivity index (χ0v) is 14.1. The van der Waals surface area contributed by atoms with E-state index in [0.717, 1.165) is 0 Å². The van der Waals surface area contributed by atoms with Gasteiger partial charge in [-0.2, -0.15) is 0 Å². The number of halogens is 2. The molecule has 1 amide bonds. The number of anilines is 1. The fourth-order valence-electron chi connectivity index (χ4n) is 2.18. The summed E-state index contributed by atoms with van der Waals surface area (Å²) in [5.41, 5.74) is 0.860. The molecule has 7 heteroatoms. The summed E-state index contributed by atoms with van der Waals surface area (Å²) < 4.78 is 23.8. The lowest BCUT2D eigenvalue weighted by Gasteiger charge is -2.08. The Morgan fingerprint density at radius 1 is 1.08 bits per heavy atom. The van der Waals surface area contributed by atoms with Crippen molar-refractivity contribution < 1.29 is 23.1 Å². The molecule has 0 fully saturated rings. The summed E-state index contributed by atoms with van der Waals surface area (Å²) in [7, 11) is 0. The van der Waals surface area contributed by atoms with E-state index in [1.54, 1.807) is 18.2 Å². The van der Waals surface area contributed by atoms with Crippen LogP contribution in [0.25, 0.3) is 0 Å². The summed E-state index contributed by atoms with van der Waals surface area (Å²) >= 11 is 5.89. The quantitative estimate of drug-likeness (QED) is 0.659. The molecule has 1 N–H and O–H groups in total. The lowest BCUT2D eigenvalue weighted by molar-refractivity contribution is 0.0469. The summed E-state index contributed by atoms with van der Waals surface area (Å²) in [5.74, 6) is -1.40. The third-order valence-electron chi connectivity index (χ3n) is 3.53. The zero-order chi connectivity index (χ0) is 18.5. The van der Waals surface area contributed by atoms with Gasteiger partial charge in [-0.25, -0.2) is 9.18 Å². The van der Waals surface area contributed by atoms with Crippen LogP contribution in [-0.2, 0) is 11.3 Å². The minimum absolute atomic E-state index is 0.116. The van der Waals surface area contributed by atoms with Crippen LogP contribution in [0.4, 0.5) is 10.1 Å². The molecule has 0 unspecified atom stereocenters. The van der Waals surface area contributed by atoms with E-state index in [1.807, 2.05) is 0 Å². The van der Waals surface area contributed by atoms with Crippen molar-refractivity contribution in [3.8, 4) is 0 Å². The number of esters is 1. The number of carbonyl (C=O) groups excluding carboxylic acids is 2. The number of benzene rings is 2. The van der Waals surface area contributed by atoms with E-state index >= 15 is 0 Å². The Balaban J connectivity index is 1.61. The van der Waals surface area contributed by atoms with Gasteiger partial charge in [0, 0.05) is 11.3 Å². The molecule has 132 valence electrons. The maximum Gasteiger partial charge on any atom is 0.338 e. The second-order valence-electron chi connectivity index (χ2n) is 5.29. The molecule has 0 aliphatic heterocycles. The average Bonchev–Trinajstić information content (AvgIpc) is 3.16. The van der Waals surface area contributed by atoms with E-state index in [4.69, 9.17) is 20.8 Å². The van der Waals surface area contributed by atoms with E-state index in [1.165, 1.54) is 42.7 Å². The Labute approximate surface area is 153 Å². The Bertz CT molecular complexity index is 903. The normalized spacial score (nSPS) is 10.4. The minimum Gasteiger partial charge on any atom is -0.459 e. The molecule has 5 nitrogen and oxygen atoms in total. The SMILES string of the molecule is O=C(OCc1c(F)cccc1Cl)c1ccc(NC(=O)c2ccco2)cc1. The van der Waals surface area contributed by atoms with Crippen molar-refractivity contribution in [2.75, 3.05) is 5.32 Å². The highest BCUT2D eigenvalue weighted by molar-refractivity contribution is 6.31. The number of hydrogen-bond donors (Lipinski definition) is 1. The van der Waals surface area contributed by atoms with E-state index in [0.29, 0.717) is 5.69 Å². The molecule has 0 saturated heterocycles. The number of nitrogens with one attached hydrogen (secondary N) is 1. The van der Waals surface area contributed by atoms with Crippen LogP contribution in [0.15, 0.2) is 65.3 Å². The predicted octanol–water partition coefficient (Wildman–Crippen LogP) is 4.68. The molecule has 0 atom stereocenters. The van der Waals surface area contributed by atoms with Crippen molar-refractivity contribution in [2.24, 2.45) is 0 Å². The van der Waals surface area contributed by atoms with Crippen molar-refractivity contribution >= 4 is 29.2 Å². The maximum absolute atomic E-state index is 13.7. The first-order chi connectivity index (χ1) is 12.5. The molecule has 0 spiro atoms. The topological polar surface area (TPSA) is 68.5 Å². The first-order valence-corrected chi connectivity index (χ1v) is 7.97. The van der Waals surface area contributed by atoms with Crippen LogP contribution in [0.1, 0.15) is 26.5 Å². The summed E-state index contributed by atoms with van der Waals surface area (Å²) in [4.78, 5) is 23.9. The van der Waals surface area contributed by atoms with Crippen molar-refractivity contribution in [3.63, 3.8) is 0 Å². The highest BCUT2D eigenvalue weighted by Gasteiger charge is 2.13. The molecule has 0 aliphatic rings. The number of hydrogen-bond acceptors (Lipinski definition) is 4. The fraction of sp³-hybridized carbons (Fsp3) is 0.0526. The van der Waals surface area contributed by atoms with Gasteiger partial charge in [0.05, 0.1) is 16.8 Å². The van der Waals surface area contributed by atoms with Crippen LogP contribution in [0, 0.1) is 5.82 Å². The van der Waals surface area contributed by atoms with Crippen LogP contribution < -0.4 is 5.32 Å². The van der Waals surface area contributed by atoms with Crippen LogP contribution >= 0.6 is 11.6 Å². The molecular formula is C19H13ClFNO4. The summed E-state index contributed by atoms with van der Waals surface area (Å²) in [6.07, 6.45) is 1.40. The van der Waals surface area contributed by atoms with Gasteiger partial charge in [-0.3, -0.25) is 4.79 Å². The van der Waals surface area contributed by atoms with Crippen LogP contribution in [0.2, 0.25) is 5.02 Å². The summed E-state index contributed by atoms with van der Waals surface area (Å²) in [6.45, 7) is -0.276. The molecule has 3 aromatic rings. The largest absolute Gasteiger partial charge is 0.459 e. The van der Waals surface area contributed by atoms with E-state index in [9.17, 15) is 14.0 Å². The minimum atomic E-state index is -0.631. The summed E-state index contributed by atoms with van der Waals surface area (Å²) in [5, 5.41) is 2.82. The molecule has 26 heavy (non-hydrogen) atoms. The average molecular weight is 374 g/mol. The third kappa shape index (κ3) is 4.10. The number of ether oxygens (including phenoxy) is 1. The van der Waals surface area contributed by atoms with Gasteiger partial charge >= 0.3 is 5.97 Å². The fourth-order valence-corrected chi connectivity index (χ4v) is 2.40. The van der Waals surface area contributed by atoms with Crippen LogP contribution in [0.5, 0.6) is 0 Å². The lowest BCUT2D eigenvalue weighted by atomic mass is 10.2. The summed E-state index contributed by atoms with van der Waals surface area (Å²) in [6, 6.07) is 13.5. The van der Waals surface area contributed by atoms with E-state index in [-0.39, 0.29) is 28.5 Å². The van der Waals surface area contributed by atoms with Crippen LogP contribution in [0.3, 0.4) is 0 Å². The molecule has 0 saturated carbocycles. The number of rotatable bonds is 5. The predicted molar refractivity (Wildman–Crippen MR) is 93.6 cm³/mol. The Hall–Kier alpha value is -3.12. The van der Waals surface area contributed by atoms with Gasteiger partial charge in [0.1, 0.15) is 12.4 Å². The Morgan fingerprint density at radius 2 is 1.85 bits per heavy atom. The Morgan fingerprint density at radius 3 is 2.50 bits per heavy atom. The number of carbonyl (C=O) groups is 2. The highest BCUT2D eigenvalue weighted by atomic mass is 35.5. The van der Waals surface area contributed by atoms with Gasteiger partial charge in [-0.05, 0) is 48.5 Å². The van der Waals surface area contributed by atoms with Gasteiger partial charge < -0.3 is 14.5 Å². The molecular weight excluding hydrogens is 361 g/mol. The van der Waals surface area contributed by atoms with Crippen LogP contribution in [-0.4, -0.2) is 11.9 Å². The first kappa shape index (κ1) is 17.7. The van der Waals surface area contributed by atoms with Gasteiger partial charge in [-0.15, -0.1) is 0 Å². The Kier molecular flexibility index (Phi) is 5.34. The lowest BCUT2D eigenvalue weighted by Crippen LogP contribution is -2.11. The molecule has 1 heterocycles. The van der Waals surface area contributed by atoms with E-state index in [2.05, 4.69) is 5.32 Å². The standard InChI is InChI=1S/C19H13ClFNO4/c20-15-3-1-4-16(21)14(15)11-26-19(24)12-6-8-13(9-7-12)22-18(23)17-5-2-10-25-17/h1-10H,11H2,(H,22,23). The van der Waals surface area contributed by atoms with Gasteiger partial charge in [-0.1, -0.05) is 17.7 Å². The van der Waals surface area contributed by atoms with Crippen molar-refractivity contribution in [2.45, 2.75) is 6.61 Å². The molecule has 3 rings (SSSR count). The highest BCUT2D eigenvalue weighted by Crippen LogP contribution is 2.20. The molecule has 1 aromatic heterocycles. The second-order valence-corrected chi connectivity index (χ2v) is 5.69. The van der Waals surface area contributed by atoms with Gasteiger partial charge in [0.15, 0.2) is 5.76 Å². The monoisotopic (exact) mass is 373 g/mol. The first-order valence-electron chi connectivity index (χ1n) is 7.59. The third-order valence-corrected chi connectivity index (χ3v) is 3.89. The smallest absolute Gasteiger partial charge is 0.338 e. The molecule has 0 aliphatic carbocycles. The van der Waals surface area contributed by atoms with Gasteiger partial charge in [0.25, 0.3) is 5.91 Å². The maximum atomic E-state index is 13.7. The van der Waals surface area contributed by atoms with Crippen molar-refractivity contribution in [1.29, 1.82) is 0 Å². The van der Waals surface area contributed by atoms with Crippen molar-refractivity contribution in [3.05, 3.63) is 88.6 Å². The van der Waals surface area contributed by atoms with Gasteiger partial charge in [0.2, 0.25) is 0 Å². The zero-order valence-electron chi connectivity index (χ0n) is 13.4. The number of furan rings is 1.